The first-order valence-corrected chi connectivity index (χ1v) is 7.38. The van der Waals surface area contributed by atoms with Crippen molar-refractivity contribution < 1.29 is 9.53 Å². The van der Waals surface area contributed by atoms with Gasteiger partial charge in [-0.25, -0.2) is 0 Å². The number of fused-ring (bicyclic) bond motifs is 1. The quantitative estimate of drug-likeness (QED) is 0.787. The number of ether oxygens (including phenoxy) is 1. The van der Waals surface area contributed by atoms with E-state index in [1.54, 1.807) is 6.20 Å². The van der Waals surface area contributed by atoms with Gasteiger partial charge in [0.15, 0.2) is 6.61 Å². The number of carbonyl (C=O) groups excluding carboxylic acids is 1. The highest BCUT2D eigenvalue weighted by molar-refractivity contribution is 5.86. The van der Waals surface area contributed by atoms with Crippen LogP contribution < -0.4 is 10.1 Å². The van der Waals surface area contributed by atoms with E-state index >= 15 is 0 Å². The maximum absolute atomic E-state index is 11.9. The van der Waals surface area contributed by atoms with E-state index in [1.165, 1.54) is 5.56 Å². The van der Waals surface area contributed by atoms with Crippen molar-refractivity contribution in [1.82, 2.24) is 15.5 Å². The van der Waals surface area contributed by atoms with Crippen LogP contribution in [-0.2, 0) is 11.3 Å². The van der Waals surface area contributed by atoms with Crippen molar-refractivity contribution in [2.24, 2.45) is 0 Å². The van der Waals surface area contributed by atoms with Gasteiger partial charge >= 0.3 is 0 Å². The highest BCUT2D eigenvalue weighted by Gasteiger charge is 2.07. The molecule has 0 unspecified atom stereocenters. The Balaban J connectivity index is 1.57. The number of nitrogens with zero attached hydrogens (tertiary/aromatic N) is 2. The van der Waals surface area contributed by atoms with Gasteiger partial charge in [-0.15, -0.1) is 5.10 Å². The van der Waals surface area contributed by atoms with Crippen LogP contribution in [0.5, 0.6) is 5.88 Å². The van der Waals surface area contributed by atoms with E-state index in [4.69, 9.17) is 4.74 Å². The van der Waals surface area contributed by atoms with Gasteiger partial charge in [-0.2, -0.15) is 5.10 Å². The average Bonchev–Trinajstić information content (AvgIpc) is 2.59. The Morgan fingerprint density at radius 2 is 1.91 bits per heavy atom. The zero-order chi connectivity index (χ0) is 16.1. The van der Waals surface area contributed by atoms with Crippen molar-refractivity contribution in [3.63, 3.8) is 0 Å². The molecule has 5 nitrogen and oxygen atoms in total. The molecule has 23 heavy (non-hydrogen) atoms. The van der Waals surface area contributed by atoms with Crippen molar-refractivity contribution >= 4 is 16.7 Å². The topological polar surface area (TPSA) is 64.1 Å². The first-order valence-electron chi connectivity index (χ1n) is 7.38. The summed E-state index contributed by atoms with van der Waals surface area (Å²) in [4.78, 5) is 11.9. The van der Waals surface area contributed by atoms with Gasteiger partial charge in [0.05, 0.1) is 6.20 Å². The third-order valence-corrected chi connectivity index (χ3v) is 3.49. The monoisotopic (exact) mass is 307 g/mol. The molecule has 1 aromatic heterocycles. The average molecular weight is 307 g/mol. The molecule has 0 radical (unpaired) electrons. The highest BCUT2D eigenvalue weighted by atomic mass is 16.5. The maximum atomic E-state index is 11.9. The van der Waals surface area contributed by atoms with Crippen LogP contribution in [0.4, 0.5) is 0 Å². The number of hydrogen-bond donors (Lipinski definition) is 1. The molecule has 0 fully saturated rings. The summed E-state index contributed by atoms with van der Waals surface area (Å²) in [5, 5.41) is 12.4. The molecular weight excluding hydrogens is 290 g/mol. The summed E-state index contributed by atoms with van der Waals surface area (Å²) in [5.41, 5.74) is 2.24. The predicted molar refractivity (Wildman–Crippen MR) is 88.1 cm³/mol. The van der Waals surface area contributed by atoms with Crippen LogP contribution in [-0.4, -0.2) is 22.7 Å². The van der Waals surface area contributed by atoms with Crippen molar-refractivity contribution in [2.75, 3.05) is 6.61 Å². The minimum absolute atomic E-state index is 0.0887. The van der Waals surface area contributed by atoms with Gasteiger partial charge < -0.3 is 10.1 Å². The van der Waals surface area contributed by atoms with Crippen LogP contribution >= 0.6 is 0 Å². The molecule has 2 aromatic carbocycles. The SMILES string of the molecule is Cc1ccc(CNC(=O)COc2nncc3ccccc23)cc1. The van der Waals surface area contributed by atoms with Crippen molar-refractivity contribution in [3.8, 4) is 5.88 Å². The Bertz CT molecular complexity index is 811. The Labute approximate surface area is 134 Å². The van der Waals surface area contributed by atoms with Crippen LogP contribution in [0.15, 0.2) is 54.7 Å². The first kappa shape index (κ1) is 15.0. The zero-order valence-corrected chi connectivity index (χ0v) is 12.8. The number of carbonyl (C=O) groups is 1. The smallest absolute Gasteiger partial charge is 0.258 e. The lowest BCUT2D eigenvalue weighted by Crippen LogP contribution is -2.28. The lowest BCUT2D eigenvalue weighted by atomic mass is 10.1. The molecule has 0 spiro atoms. The second kappa shape index (κ2) is 6.87. The second-order valence-corrected chi connectivity index (χ2v) is 5.29. The number of rotatable bonds is 5. The Morgan fingerprint density at radius 3 is 2.74 bits per heavy atom. The molecule has 1 heterocycles. The molecule has 0 atom stereocenters. The van der Waals surface area contributed by atoms with E-state index in [0.29, 0.717) is 12.4 Å². The molecule has 0 aliphatic rings. The summed E-state index contributed by atoms with van der Waals surface area (Å²) < 4.78 is 5.50. The summed E-state index contributed by atoms with van der Waals surface area (Å²) in [6.45, 7) is 2.42. The Hall–Kier alpha value is -2.95. The summed E-state index contributed by atoms with van der Waals surface area (Å²) in [6, 6.07) is 15.7. The number of nitrogens with one attached hydrogen (secondary N) is 1. The number of aromatic nitrogens is 2. The van der Waals surface area contributed by atoms with E-state index in [1.807, 2.05) is 55.5 Å². The normalized spacial score (nSPS) is 10.5. The molecule has 3 aromatic rings. The van der Waals surface area contributed by atoms with Crippen molar-refractivity contribution in [1.29, 1.82) is 0 Å². The summed E-state index contributed by atoms with van der Waals surface area (Å²) >= 11 is 0. The maximum Gasteiger partial charge on any atom is 0.258 e. The Kier molecular flexibility index (Phi) is 4.47. The van der Waals surface area contributed by atoms with E-state index in [9.17, 15) is 4.79 Å². The molecule has 5 heteroatoms. The van der Waals surface area contributed by atoms with Crippen LogP contribution in [0.3, 0.4) is 0 Å². The minimum atomic E-state index is -0.194. The summed E-state index contributed by atoms with van der Waals surface area (Å²) in [6.07, 6.45) is 1.67. The van der Waals surface area contributed by atoms with Crippen LogP contribution in [0, 0.1) is 6.92 Å². The van der Waals surface area contributed by atoms with E-state index in [0.717, 1.165) is 16.3 Å². The molecular formula is C18H17N3O2. The van der Waals surface area contributed by atoms with Gasteiger partial charge in [-0.3, -0.25) is 4.79 Å². The fraction of sp³-hybridized carbons (Fsp3) is 0.167. The molecule has 0 bridgehead atoms. The van der Waals surface area contributed by atoms with Crippen LogP contribution in [0.1, 0.15) is 11.1 Å². The molecule has 1 N–H and O–H groups in total. The highest BCUT2D eigenvalue weighted by Crippen LogP contribution is 2.20. The van der Waals surface area contributed by atoms with E-state index in [-0.39, 0.29) is 12.5 Å². The predicted octanol–water partition coefficient (Wildman–Crippen LogP) is 2.63. The Morgan fingerprint density at radius 1 is 1.13 bits per heavy atom. The van der Waals surface area contributed by atoms with E-state index in [2.05, 4.69) is 15.5 Å². The van der Waals surface area contributed by atoms with Crippen molar-refractivity contribution in [3.05, 3.63) is 65.9 Å². The first-order chi connectivity index (χ1) is 11.2. The third kappa shape index (κ3) is 3.83. The fourth-order valence-corrected chi connectivity index (χ4v) is 2.20. The van der Waals surface area contributed by atoms with E-state index < -0.39 is 0 Å². The number of benzene rings is 2. The van der Waals surface area contributed by atoms with Gasteiger partial charge in [0, 0.05) is 17.3 Å². The largest absolute Gasteiger partial charge is 0.466 e. The van der Waals surface area contributed by atoms with Gasteiger partial charge in [-0.1, -0.05) is 48.0 Å². The molecule has 3 rings (SSSR count). The van der Waals surface area contributed by atoms with Gasteiger partial charge in [0.1, 0.15) is 0 Å². The fourth-order valence-electron chi connectivity index (χ4n) is 2.20. The van der Waals surface area contributed by atoms with Gasteiger partial charge in [-0.05, 0) is 18.6 Å². The number of hydrogen-bond acceptors (Lipinski definition) is 4. The summed E-state index contributed by atoms with van der Waals surface area (Å²) in [7, 11) is 0. The lowest BCUT2D eigenvalue weighted by Gasteiger charge is -2.08. The zero-order valence-electron chi connectivity index (χ0n) is 12.8. The lowest BCUT2D eigenvalue weighted by molar-refractivity contribution is -0.123. The standard InChI is InChI=1S/C18H17N3O2/c1-13-6-8-14(9-7-13)10-19-17(22)12-23-18-16-5-3-2-4-15(16)11-20-21-18/h2-9,11H,10,12H2,1H3,(H,19,22). The molecule has 0 saturated heterocycles. The molecule has 1 amide bonds. The third-order valence-electron chi connectivity index (χ3n) is 3.49. The molecule has 0 saturated carbocycles. The number of aryl methyl sites for hydroxylation is 1. The molecule has 116 valence electrons. The summed E-state index contributed by atoms with van der Waals surface area (Å²) in [5.74, 6) is 0.175. The molecule has 0 aliphatic heterocycles. The van der Waals surface area contributed by atoms with Crippen molar-refractivity contribution in [2.45, 2.75) is 13.5 Å². The second-order valence-electron chi connectivity index (χ2n) is 5.29. The van der Waals surface area contributed by atoms with Gasteiger partial charge in [0.25, 0.3) is 5.91 Å². The van der Waals surface area contributed by atoms with Crippen LogP contribution in [0.2, 0.25) is 0 Å². The minimum Gasteiger partial charge on any atom is -0.466 e. The number of amides is 1. The van der Waals surface area contributed by atoms with Gasteiger partial charge in [0.2, 0.25) is 5.88 Å². The van der Waals surface area contributed by atoms with Crippen LogP contribution in [0.25, 0.3) is 10.8 Å². The molecule has 0 aliphatic carbocycles.